The van der Waals surface area contributed by atoms with Gasteiger partial charge in [0.05, 0.1) is 49.2 Å². The predicted octanol–water partition coefficient (Wildman–Crippen LogP) is 8.15. The molecule has 0 aromatic carbocycles. The fraction of sp³-hybridized carbons (Fsp3) is 0.486. The van der Waals surface area contributed by atoms with Crippen LogP contribution in [0.2, 0.25) is 0 Å². The first-order chi connectivity index (χ1) is 24.0. The number of carbonyl (C=O) groups is 3. The van der Waals surface area contributed by atoms with Gasteiger partial charge in [-0.15, -0.1) is 34.0 Å². The van der Waals surface area contributed by atoms with Gasteiger partial charge in [0.25, 0.3) is 11.5 Å². The summed E-state index contributed by atoms with van der Waals surface area (Å²) in [5, 5.41) is 0. The zero-order valence-electron chi connectivity index (χ0n) is 29.6. The van der Waals surface area contributed by atoms with Crippen LogP contribution in [0.15, 0.2) is 21.8 Å². The molecule has 1 aliphatic rings. The second-order valence-electron chi connectivity index (χ2n) is 12.3. The molecule has 1 amide bonds. The normalized spacial score (nSPS) is 15.7. The average molecular weight is 775 g/mol. The van der Waals surface area contributed by atoms with Crippen LogP contribution in [-0.4, -0.2) is 52.4 Å². The van der Waals surface area contributed by atoms with Crippen molar-refractivity contribution in [1.29, 1.82) is 0 Å². The molecule has 0 aliphatic carbocycles. The number of thiazole rings is 1. The van der Waals surface area contributed by atoms with Gasteiger partial charge in [0, 0.05) is 22.8 Å². The Morgan fingerprint density at radius 1 is 0.840 bits per heavy atom. The van der Waals surface area contributed by atoms with Crippen molar-refractivity contribution in [2.75, 3.05) is 20.8 Å². The molecule has 1 fully saturated rings. The number of hydrogen-bond acceptors (Lipinski definition) is 11. The zero-order valence-corrected chi connectivity index (χ0v) is 33.7. The van der Waals surface area contributed by atoms with Crippen molar-refractivity contribution < 1.29 is 23.9 Å². The summed E-state index contributed by atoms with van der Waals surface area (Å²) in [7, 11) is 2.60. The molecule has 0 spiro atoms. The number of rotatable bonds is 17. The van der Waals surface area contributed by atoms with Gasteiger partial charge in [0.1, 0.15) is 4.32 Å². The number of nitrogens with zero attached hydrogens (tertiary/aromatic N) is 2. The van der Waals surface area contributed by atoms with Crippen LogP contribution >= 0.6 is 58.0 Å². The molecular weight excluding hydrogens is 729 g/mol. The molecule has 2 atom stereocenters. The number of thioether (sulfide) groups is 1. The maximum atomic E-state index is 13.5. The molecule has 270 valence electrons. The average Bonchev–Trinajstić information content (AvgIpc) is 3.85. The summed E-state index contributed by atoms with van der Waals surface area (Å²) < 4.78 is 13.7. The van der Waals surface area contributed by atoms with Gasteiger partial charge in [-0.1, -0.05) is 96.8 Å². The van der Waals surface area contributed by atoms with Crippen molar-refractivity contribution in [3.8, 4) is 9.75 Å². The van der Waals surface area contributed by atoms with Gasteiger partial charge < -0.3 is 9.47 Å². The van der Waals surface area contributed by atoms with E-state index in [1.807, 2.05) is 0 Å². The summed E-state index contributed by atoms with van der Waals surface area (Å²) in [5.41, 5.74) is 0.425. The van der Waals surface area contributed by atoms with Gasteiger partial charge in [-0.05, 0) is 49.0 Å². The minimum atomic E-state index is -0.573. The third-order valence-electron chi connectivity index (χ3n) is 8.89. The van der Waals surface area contributed by atoms with Crippen LogP contribution in [0.25, 0.3) is 28.5 Å². The zero-order chi connectivity index (χ0) is 36.5. The van der Waals surface area contributed by atoms with Crippen LogP contribution in [0.5, 0.6) is 0 Å². The molecule has 0 radical (unpaired) electrons. The van der Waals surface area contributed by atoms with Gasteiger partial charge in [0.2, 0.25) is 0 Å². The highest BCUT2D eigenvalue weighted by Gasteiger charge is 2.34. The molecule has 4 heterocycles. The van der Waals surface area contributed by atoms with Crippen LogP contribution in [0.4, 0.5) is 0 Å². The number of hydrogen-bond donors (Lipinski definition) is 0. The first-order valence-corrected chi connectivity index (χ1v) is 20.8. The van der Waals surface area contributed by atoms with Crippen LogP contribution < -0.4 is 14.8 Å². The minimum Gasteiger partial charge on any atom is -0.465 e. The Kier molecular flexibility index (Phi) is 14.8. The molecule has 0 N–H and O–H groups in total. The highest BCUT2D eigenvalue weighted by atomic mass is 32.2. The number of unbranched alkanes of at least 4 members (excludes halogenated alkanes) is 2. The Hall–Kier alpha value is -2.84. The highest BCUT2D eigenvalue weighted by Crippen LogP contribution is 2.43. The number of aromatic nitrogens is 1. The predicted molar refractivity (Wildman–Crippen MR) is 214 cm³/mol. The fourth-order valence-corrected chi connectivity index (χ4v) is 10.5. The third kappa shape index (κ3) is 9.33. The minimum absolute atomic E-state index is 0.105. The summed E-state index contributed by atoms with van der Waals surface area (Å²) in [5.74, 6) is -0.524. The van der Waals surface area contributed by atoms with E-state index in [1.165, 1.54) is 60.0 Å². The molecule has 3 aromatic heterocycles. The molecule has 1 saturated heterocycles. The number of thiophene rings is 2. The van der Waals surface area contributed by atoms with E-state index in [0.717, 1.165) is 51.4 Å². The van der Waals surface area contributed by atoms with E-state index in [4.69, 9.17) is 21.7 Å². The van der Waals surface area contributed by atoms with Crippen molar-refractivity contribution in [1.82, 2.24) is 9.47 Å². The second kappa shape index (κ2) is 18.6. The molecule has 3 aromatic rings. The van der Waals surface area contributed by atoms with Gasteiger partial charge in [-0.2, -0.15) is 0 Å². The summed E-state index contributed by atoms with van der Waals surface area (Å²) >= 11 is 10.8. The van der Waals surface area contributed by atoms with Gasteiger partial charge in [-0.25, -0.2) is 9.59 Å². The molecule has 1 aliphatic heterocycles. The van der Waals surface area contributed by atoms with Crippen LogP contribution in [0.3, 0.4) is 0 Å². The number of esters is 2. The molecule has 0 bridgehead atoms. The first kappa shape index (κ1) is 39.9. The monoisotopic (exact) mass is 774 g/mol. The van der Waals surface area contributed by atoms with E-state index in [1.54, 1.807) is 33.8 Å². The fourth-order valence-electron chi connectivity index (χ4n) is 5.84. The molecule has 2 unspecified atom stereocenters. The Bertz CT molecular complexity index is 1920. The molecule has 0 saturated carbocycles. The lowest BCUT2D eigenvalue weighted by Gasteiger charge is -2.21. The lowest BCUT2D eigenvalue weighted by Crippen LogP contribution is -2.33. The number of methoxy groups -OCH3 is 2. The smallest absolute Gasteiger partial charge is 0.339 e. The highest BCUT2D eigenvalue weighted by molar-refractivity contribution is 8.26. The lowest BCUT2D eigenvalue weighted by molar-refractivity contribution is -0.122. The van der Waals surface area contributed by atoms with Crippen LogP contribution in [0, 0.1) is 11.8 Å². The van der Waals surface area contributed by atoms with E-state index in [9.17, 15) is 19.2 Å². The number of amides is 1. The quantitative estimate of drug-likeness (QED) is 0.0771. The Labute approximate surface area is 315 Å². The molecule has 13 heteroatoms. The van der Waals surface area contributed by atoms with Crippen LogP contribution in [0.1, 0.15) is 110 Å². The standard InChI is InChI=1S/C37H46N2O6S5/c1-8-12-14-23(10-3)20-38-22(5)47-29(33(38)40)18-25-16-27(35(42)44-6)31(48-25)32-28(36(43)45-7)17-26(49-32)19-30-34(41)39(37(46)50-30)21-24(11-4)15-13-9-2/h16-19,23-24H,5,8-15,20-21H2,1-4,6-7H3/b29-18-,30-19-. The van der Waals surface area contributed by atoms with Crippen molar-refractivity contribution in [3.63, 3.8) is 0 Å². The van der Waals surface area contributed by atoms with E-state index in [0.29, 0.717) is 62.9 Å². The second-order valence-corrected chi connectivity index (χ2v) is 17.3. The third-order valence-corrected chi connectivity index (χ3v) is 13.6. The van der Waals surface area contributed by atoms with Crippen molar-refractivity contribution in [2.45, 2.75) is 85.6 Å². The van der Waals surface area contributed by atoms with Gasteiger partial charge in [-0.3, -0.25) is 19.1 Å². The topological polar surface area (TPSA) is 94.9 Å². The summed E-state index contributed by atoms with van der Waals surface area (Å²) in [4.78, 5) is 57.7. The van der Waals surface area contributed by atoms with E-state index in [2.05, 4.69) is 34.3 Å². The van der Waals surface area contributed by atoms with Crippen LogP contribution in [-0.2, 0) is 20.8 Å². The lowest BCUT2D eigenvalue weighted by atomic mass is 9.99. The summed E-state index contributed by atoms with van der Waals surface area (Å²) in [6.07, 6.45) is 12.0. The Morgan fingerprint density at radius 3 is 1.86 bits per heavy atom. The SMILES string of the molecule is C=c1s/c(=C\c2cc(C(=O)OC)c(-c3sc(/C=C4\SC(=S)N(CC(CC)CCCC)C4=O)cc3C(=O)OC)s2)c(=O)n1CC(CC)CCCC. The van der Waals surface area contributed by atoms with Crippen molar-refractivity contribution in [2.24, 2.45) is 11.8 Å². The van der Waals surface area contributed by atoms with E-state index in [-0.39, 0.29) is 22.6 Å². The van der Waals surface area contributed by atoms with Gasteiger partial charge >= 0.3 is 11.9 Å². The van der Waals surface area contributed by atoms with E-state index >= 15 is 0 Å². The first-order valence-electron chi connectivity index (χ1n) is 17.1. The van der Waals surface area contributed by atoms with Gasteiger partial charge in [0.15, 0.2) is 0 Å². The number of carbonyl (C=O) groups excluding carboxylic acids is 3. The maximum absolute atomic E-state index is 13.5. The van der Waals surface area contributed by atoms with Crippen molar-refractivity contribution in [3.05, 3.63) is 57.5 Å². The summed E-state index contributed by atoms with van der Waals surface area (Å²) in [6.45, 7) is 14.0. The molecule has 4 rings (SSSR count). The largest absolute Gasteiger partial charge is 0.465 e. The molecule has 50 heavy (non-hydrogen) atoms. The van der Waals surface area contributed by atoms with E-state index < -0.39 is 11.9 Å². The number of ether oxygens (including phenoxy) is 2. The number of thiocarbonyl (C=S) groups is 1. The maximum Gasteiger partial charge on any atom is 0.339 e. The molecular formula is C37H46N2O6S5. The Balaban J connectivity index is 1.74. The summed E-state index contributed by atoms with van der Waals surface area (Å²) in [6, 6.07) is 3.36. The molecule has 8 nitrogen and oxygen atoms in total. The Morgan fingerprint density at radius 2 is 1.36 bits per heavy atom. The van der Waals surface area contributed by atoms with Crippen molar-refractivity contribution >= 4 is 98.9 Å².